The van der Waals surface area contributed by atoms with Gasteiger partial charge in [0.15, 0.2) is 5.96 Å². The summed E-state index contributed by atoms with van der Waals surface area (Å²) in [6.45, 7) is 5.87. The smallest absolute Gasteiger partial charge is 0.224 e. The molecule has 1 amide bonds. The quantitative estimate of drug-likeness (QED) is 0.402. The number of nitrogens with zero attached hydrogens (tertiary/aromatic N) is 2. The summed E-state index contributed by atoms with van der Waals surface area (Å²) in [6, 6.07) is 6.30. The van der Waals surface area contributed by atoms with Gasteiger partial charge in [-0.1, -0.05) is 12.1 Å². The summed E-state index contributed by atoms with van der Waals surface area (Å²) < 4.78 is 0. The zero-order valence-electron chi connectivity index (χ0n) is 14.7. The molecule has 24 heavy (non-hydrogen) atoms. The van der Waals surface area contributed by atoms with E-state index in [2.05, 4.69) is 22.4 Å². The van der Waals surface area contributed by atoms with E-state index in [0.29, 0.717) is 18.9 Å². The summed E-state index contributed by atoms with van der Waals surface area (Å²) in [5, 5.41) is 3.20. The van der Waals surface area contributed by atoms with Crippen molar-refractivity contribution in [2.45, 2.75) is 46.0 Å². The van der Waals surface area contributed by atoms with Gasteiger partial charge in [-0.05, 0) is 56.7 Å². The lowest BCUT2D eigenvalue weighted by Gasteiger charge is -2.20. The van der Waals surface area contributed by atoms with Gasteiger partial charge in [0.1, 0.15) is 0 Å². The minimum Gasteiger partial charge on any atom is -0.370 e. The van der Waals surface area contributed by atoms with Crippen LogP contribution in [0.5, 0.6) is 0 Å². The van der Waals surface area contributed by atoms with Gasteiger partial charge in [0.2, 0.25) is 5.91 Å². The summed E-state index contributed by atoms with van der Waals surface area (Å²) in [6.07, 6.45) is 5.11. The molecule has 1 aromatic carbocycles. The molecule has 0 aliphatic heterocycles. The van der Waals surface area contributed by atoms with Gasteiger partial charge in [0.05, 0.1) is 6.54 Å². The number of anilines is 1. The van der Waals surface area contributed by atoms with Gasteiger partial charge >= 0.3 is 0 Å². The summed E-state index contributed by atoms with van der Waals surface area (Å²) in [5.74, 6) is 0.514. The van der Waals surface area contributed by atoms with E-state index < -0.39 is 0 Å². The number of nitrogens with one attached hydrogen (secondary N) is 1. The van der Waals surface area contributed by atoms with Crippen molar-refractivity contribution in [1.29, 1.82) is 0 Å². The highest BCUT2D eigenvalue weighted by molar-refractivity contribution is 14.0. The molecule has 134 valence electrons. The number of fused-ring (bicyclic) bond motifs is 1. The van der Waals surface area contributed by atoms with Crippen LogP contribution in [0, 0.1) is 0 Å². The molecule has 0 saturated carbocycles. The molecule has 0 fully saturated rings. The van der Waals surface area contributed by atoms with Crippen LogP contribution < -0.4 is 11.1 Å². The fourth-order valence-electron chi connectivity index (χ4n) is 3.08. The molecule has 3 N–H and O–H groups in total. The Hall–Kier alpha value is -1.31. The van der Waals surface area contributed by atoms with Crippen molar-refractivity contribution in [3.63, 3.8) is 0 Å². The second-order valence-corrected chi connectivity index (χ2v) is 5.86. The molecular formula is C18H29IN4O. The van der Waals surface area contributed by atoms with E-state index in [9.17, 15) is 4.79 Å². The first-order chi connectivity index (χ1) is 11.2. The van der Waals surface area contributed by atoms with Crippen molar-refractivity contribution in [3.8, 4) is 0 Å². The molecule has 6 heteroatoms. The van der Waals surface area contributed by atoms with Crippen LogP contribution in [0.2, 0.25) is 0 Å². The molecule has 1 aliphatic rings. The van der Waals surface area contributed by atoms with Gasteiger partial charge in [-0.3, -0.25) is 9.79 Å². The second kappa shape index (κ2) is 10.5. The van der Waals surface area contributed by atoms with E-state index in [0.717, 1.165) is 31.6 Å². The number of hydrogen-bond donors (Lipinski definition) is 2. The highest BCUT2D eigenvalue weighted by Gasteiger charge is 2.13. The van der Waals surface area contributed by atoms with Crippen LogP contribution in [-0.2, 0) is 17.6 Å². The molecule has 5 nitrogen and oxygen atoms in total. The Morgan fingerprint density at radius 2 is 1.96 bits per heavy atom. The number of aryl methyl sites for hydroxylation is 1. The molecule has 0 heterocycles. The van der Waals surface area contributed by atoms with Crippen LogP contribution in [0.25, 0.3) is 0 Å². The third-order valence-electron chi connectivity index (χ3n) is 4.38. The maximum Gasteiger partial charge on any atom is 0.224 e. The lowest BCUT2D eigenvalue weighted by Crippen LogP contribution is -2.31. The molecule has 0 bridgehead atoms. The molecule has 1 aliphatic carbocycles. The van der Waals surface area contributed by atoms with Gasteiger partial charge in [0, 0.05) is 25.2 Å². The Bertz CT molecular complexity index is 570. The van der Waals surface area contributed by atoms with Crippen LogP contribution in [0.3, 0.4) is 0 Å². The van der Waals surface area contributed by atoms with E-state index in [1.165, 1.54) is 24.0 Å². The van der Waals surface area contributed by atoms with E-state index in [-0.39, 0.29) is 29.9 Å². The molecule has 0 atom stereocenters. The topological polar surface area (TPSA) is 70.7 Å². The Labute approximate surface area is 162 Å². The number of nitrogens with two attached hydrogens (primary N) is 1. The fourth-order valence-corrected chi connectivity index (χ4v) is 3.08. The predicted octanol–water partition coefficient (Wildman–Crippen LogP) is 3.17. The number of carbonyl (C=O) groups excluding carboxylic acids is 1. The molecule has 2 rings (SSSR count). The Morgan fingerprint density at radius 1 is 1.25 bits per heavy atom. The van der Waals surface area contributed by atoms with Gasteiger partial charge < -0.3 is 16.0 Å². The maximum atomic E-state index is 11.9. The zero-order chi connectivity index (χ0) is 16.7. The van der Waals surface area contributed by atoms with E-state index in [1.807, 2.05) is 24.8 Å². The van der Waals surface area contributed by atoms with Crippen LogP contribution in [-0.4, -0.2) is 36.4 Å². The van der Waals surface area contributed by atoms with E-state index in [1.54, 1.807) is 0 Å². The number of benzene rings is 1. The highest BCUT2D eigenvalue weighted by atomic mass is 127. The molecule has 0 spiro atoms. The number of aliphatic imine (C=N–C) groups is 1. The van der Waals surface area contributed by atoms with E-state index in [4.69, 9.17) is 5.73 Å². The molecule has 0 aromatic heterocycles. The Morgan fingerprint density at radius 3 is 2.67 bits per heavy atom. The van der Waals surface area contributed by atoms with Gasteiger partial charge in [-0.2, -0.15) is 0 Å². The number of rotatable bonds is 6. The third-order valence-corrected chi connectivity index (χ3v) is 4.38. The van der Waals surface area contributed by atoms with Crippen LogP contribution in [0.4, 0.5) is 5.69 Å². The van der Waals surface area contributed by atoms with Gasteiger partial charge in [-0.15, -0.1) is 24.0 Å². The number of guanidine groups is 1. The monoisotopic (exact) mass is 444 g/mol. The van der Waals surface area contributed by atoms with Crippen LogP contribution >= 0.6 is 24.0 Å². The minimum atomic E-state index is 0. The Balaban J connectivity index is 0.00000288. The number of carbonyl (C=O) groups is 1. The van der Waals surface area contributed by atoms with Crippen LogP contribution in [0.15, 0.2) is 23.2 Å². The van der Waals surface area contributed by atoms with Crippen LogP contribution in [0.1, 0.15) is 44.2 Å². The summed E-state index contributed by atoms with van der Waals surface area (Å²) >= 11 is 0. The Kier molecular flexibility index (Phi) is 9.10. The first kappa shape index (κ1) is 20.7. The van der Waals surface area contributed by atoms with Crippen molar-refractivity contribution < 1.29 is 4.79 Å². The lowest BCUT2D eigenvalue weighted by atomic mass is 9.90. The average molecular weight is 444 g/mol. The lowest BCUT2D eigenvalue weighted by molar-refractivity contribution is -0.130. The number of hydrogen-bond acceptors (Lipinski definition) is 2. The fraction of sp³-hybridized carbons (Fsp3) is 0.556. The van der Waals surface area contributed by atoms with Crippen molar-refractivity contribution in [2.75, 3.05) is 25.0 Å². The zero-order valence-corrected chi connectivity index (χ0v) is 17.0. The highest BCUT2D eigenvalue weighted by Crippen LogP contribution is 2.27. The summed E-state index contributed by atoms with van der Waals surface area (Å²) in [7, 11) is 0. The molecule has 0 radical (unpaired) electrons. The van der Waals surface area contributed by atoms with Gasteiger partial charge in [-0.25, -0.2) is 0 Å². The largest absolute Gasteiger partial charge is 0.370 e. The van der Waals surface area contributed by atoms with Gasteiger partial charge in [0.25, 0.3) is 0 Å². The van der Waals surface area contributed by atoms with Crippen molar-refractivity contribution in [2.24, 2.45) is 10.7 Å². The normalized spacial score (nSPS) is 13.7. The van der Waals surface area contributed by atoms with Crippen molar-refractivity contribution in [3.05, 3.63) is 29.3 Å². The number of amides is 1. The maximum absolute atomic E-state index is 11.9. The third kappa shape index (κ3) is 5.65. The van der Waals surface area contributed by atoms with Crippen molar-refractivity contribution in [1.82, 2.24) is 4.90 Å². The molecule has 0 saturated heterocycles. The number of halogens is 1. The molecular weight excluding hydrogens is 415 g/mol. The standard InChI is InChI=1S/C18H28N4O.HI/c1-3-22(4-2)17(23)12-13-20-18(19)21-16-11-7-9-14-8-5-6-10-15(14)16;/h7,9,11H,3-6,8,10,12-13H2,1-2H3,(H3,19,20,21);1H. The van der Waals surface area contributed by atoms with Crippen molar-refractivity contribution >= 4 is 41.5 Å². The molecule has 1 aromatic rings. The summed E-state index contributed by atoms with van der Waals surface area (Å²) in [4.78, 5) is 18.0. The molecule has 0 unspecified atom stereocenters. The van der Waals surface area contributed by atoms with E-state index >= 15 is 0 Å². The first-order valence-electron chi connectivity index (χ1n) is 8.61. The second-order valence-electron chi connectivity index (χ2n) is 5.86. The minimum absolute atomic E-state index is 0. The SMILES string of the molecule is CCN(CC)C(=O)CCN=C(N)Nc1cccc2c1CCCC2.I. The summed E-state index contributed by atoms with van der Waals surface area (Å²) in [5.41, 5.74) is 9.80. The first-order valence-corrected chi connectivity index (χ1v) is 8.61. The average Bonchev–Trinajstić information content (AvgIpc) is 2.56. The predicted molar refractivity (Wildman–Crippen MR) is 111 cm³/mol.